The first-order valence-electron chi connectivity index (χ1n) is 9.18. The summed E-state index contributed by atoms with van der Waals surface area (Å²) in [5.41, 5.74) is 0.682. The van der Waals surface area contributed by atoms with Gasteiger partial charge in [0, 0.05) is 6.42 Å². The molecule has 1 aromatic rings. The van der Waals surface area contributed by atoms with E-state index in [-0.39, 0.29) is 11.2 Å². The van der Waals surface area contributed by atoms with Crippen LogP contribution in [0.4, 0.5) is 4.79 Å². The summed E-state index contributed by atoms with van der Waals surface area (Å²) in [5.74, 6) is 0.710. The van der Waals surface area contributed by atoms with Crippen LogP contribution in [0, 0.1) is 5.92 Å². The fourth-order valence-corrected chi connectivity index (χ4v) is 4.08. The molecule has 7 heteroatoms. The lowest BCUT2D eigenvalue weighted by molar-refractivity contribution is -0.134. The van der Waals surface area contributed by atoms with Gasteiger partial charge in [0.15, 0.2) is 11.5 Å². The zero-order chi connectivity index (χ0) is 19.2. The average molecular weight is 389 g/mol. The quantitative estimate of drug-likeness (QED) is 0.444. The molecule has 6 nitrogen and oxygen atoms in total. The molecular formula is C20H23NO5S. The van der Waals surface area contributed by atoms with E-state index >= 15 is 0 Å². The van der Waals surface area contributed by atoms with E-state index < -0.39 is 5.91 Å². The van der Waals surface area contributed by atoms with E-state index in [0.717, 1.165) is 18.2 Å². The third kappa shape index (κ3) is 5.35. The highest BCUT2D eigenvalue weighted by Gasteiger charge is 2.25. The summed E-state index contributed by atoms with van der Waals surface area (Å²) >= 11 is 0.852. The zero-order valence-electron chi connectivity index (χ0n) is 15.3. The minimum atomic E-state index is -0.415. The van der Waals surface area contributed by atoms with Crippen LogP contribution in [-0.2, 0) is 9.59 Å². The van der Waals surface area contributed by atoms with Crippen LogP contribution < -0.4 is 14.8 Å². The molecule has 1 aliphatic carbocycles. The van der Waals surface area contributed by atoms with Gasteiger partial charge in [0.05, 0.1) is 12.0 Å². The molecular weight excluding hydrogens is 366 g/mol. The zero-order valence-corrected chi connectivity index (χ0v) is 16.1. The van der Waals surface area contributed by atoms with Gasteiger partial charge in [-0.25, -0.2) is 0 Å². The van der Waals surface area contributed by atoms with Crippen LogP contribution in [0.3, 0.4) is 0 Å². The summed E-state index contributed by atoms with van der Waals surface area (Å²) in [6, 6.07) is 5.03. The molecule has 0 radical (unpaired) electrons. The SMILES string of the molecule is COc1cc(/C=C2\SC(=O)NC2=O)ccc1OC(=O)CCC1CCCCC1. The monoisotopic (exact) mass is 389 g/mol. The number of esters is 1. The average Bonchev–Trinajstić information content (AvgIpc) is 2.99. The number of nitrogens with one attached hydrogen (secondary N) is 1. The number of carbonyl (C=O) groups is 3. The van der Waals surface area contributed by atoms with Crippen molar-refractivity contribution in [1.82, 2.24) is 5.32 Å². The van der Waals surface area contributed by atoms with E-state index in [4.69, 9.17) is 9.47 Å². The van der Waals surface area contributed by atoms with Crippen LogP contribution in [-0.4, -0.2) is 24.2 Å². The minimum absolute atomic E-state index is 0.263. The minimum Gasteiger partial charge on any atom is -0.493 e. The van der Waals surface area contributed by atoms with E-state index in [1.165, 1.54) is 39.2 Å². The van der Waals surface area contributed by atoms with Crippen molar-refractivity contribution in [2.75, 3.05) is 7.11 Å². The Morgan fingerprint density at radius 2 is 2.00 bits per heavy atom. The molecule has 1 heterocycles. The Balaban J connectivity index is 1.62. The van der Waals surface area contributed by atoms with E-state index in [1.807, 2.05) is 0 Å². The number of imide groups is 1. The van der Waals surface area contributed by atoms with E-state index in [0.29, 0.717) is 34.3 Å². The van der Waals surface area contributed by atoms with Crippen LogP contribution >= 0.6 is 11.8 Å². The number of carbonyl (C=O) groups excluding carboxylic acids is 3. The molecule has 2 amide bonds. The lowest BCUT2D eigenvalue weighted by Gasteiger charge is -2.20. The van der Waals surface area contributed by atoms with Gasteiger partial charge < -0.3 is 9.47 Å². The van der Waals surface area contributed by atoms with Gasteiger partial charge in [0.25, 0.3) is 11.1 Å². The predicted molar refractivity (Wildman–Crippen MR) is 104 cm³/mol. The van der Waals surface area contributed by atoms with Gasteiger partial charge in [0.2, 0.25) is 0 Å². The standard InChI is InChI=1S/C20H23NO5S/c1-25-16-11-14(12-17-19(23)21-20(24)27-17)7-9-15(16)26-18(22)10-8-13-5-3-2-4-6-13/h7,9,11-13H,2-6,8,10H2,1H3,(H,21,23,24)/b17-12-. The summed E-state index contributed by atoms with van der Waals surface area (Å²) in [4.78, 5) is 35.4. The predicted octanol–water partition coefficient (Wildman–Crippen LogP) is 4.29. The molecule has 1 saturated heterocycles. The Morgan fingerprint density at radius 1 is 1.22 bits per heavy atom. The molecule has 0 bridgehead atoms. The second-order valence-corrected chi connectivity index (χ2v) is 7.79. The van der Waals surface area contributed by atoms with Crippen LogP contribution in [0.1, 0.15) is 50.5 Å². The number of ether oxygens (including phenoxy) is 2. The molecule has 2 fully saturated rings. The molecule has 1 aliphatic heterocycles. The Labute approximate surface area is 162 Å². The first-order chi connectivity index (χ1) is 13.0. The first kappa shape index (κ1) is 19.5. The van der Waals surface area contributed by atoms with Gasteiger partial charge in [-0.3, -0.25) is 19.7 Å². The van der Waals surface area contributed by atoms with Gasteiger partial charge >= 0.3 is 5.97 Å². The number of hydrogen-bond donors (Lipinski definition) is 1. The van der Waals surface area contributed by atoms with Crippen LogP contribution in [0.2, 0.25) is 0 Å². The van der Waals surface area contributed by atoms with Crippen molar-refractivity contribution < 1.29 is 23.9 Å². The fourth-order valence-electron chi connectivity index (χ4n) is 3.40. The van der Waals surface area contributed by atoms with Crippen LogP contribution in [0.5, 0.6) is 11.5 Å². The number of benzene rings is 1. The summed E-state index contributed by atoms with van der Waals surface area (Å²) in [6.07, 6.45) is 9.09. The van der Waals surface area contributed by atoms with Crippen molar-refractivity contribution in [2.24, 2.45) is 5.92 Å². The highest BCUT2D eigenvalue weighted by Crippen LogP contribution is 2.32. The molecule has 0 spiro atoms. The summed E-state index contributed by atoms with van der Waals surface area (Å²) in [7, 11) is 1.49. The normalized spacial score (nSPS) is 19.2. The topological polar surface area (TPSA) is 81.7 Å². The summed E-state index contributed by atoms with van der Waals surface area (Å²) in [5, 5.41) is 1.82. The smallest absolute Gasteiger partial charge is 0.311 e. The maximum Gasteiger partial charge on any atom is 0.311 e. The van der Waals surface area contributed by atoms with Crippen LogP contribution in [0.25, 0.3) is 6.08 Å². The third-order valence-electron chi connectivity index (χ3n) is 4.83. The molecule has 1 N–H and O–H groups in total. The molecule has 27 heavy (non-hydrogen) atoms. The van der Waals surface area contributed by atoms with Crippen molar-refractivity contribution in [3.8, 4) is 11.5 Å². The van der Waals surface area contributed by atoms with Gasteiger partial charge in [-0.15, -0.1) is 0 Å². The molecule has 1 saturated carbocycles. The summed E-state index contributed by atoms with van der Waals surface area (Å²) in [6.45, 7) is 0. The molecule has 3 rings (SSSR count). The number of methoxy groups -OCH3 is 1. The second kappa shape index (κ2) is 9.08. The molecule has 2 aliphatic rings. The largest absolute Gasteiger partial charge is 0.493 e. The lowest BCUT2D eigenvalue weighted by atomic mass is 9.86. The fraction of sp³-hybridized carbons (Fsp3) is 0.450. The van der Waals surface area contributed by atoms with Crippen molar-refractivity contribution in [2.45, 2.75) is 44.9 Å². The van der Waals surface area contributed by atoms with Crippen LogP contribution in [0.15, 0.2) is 23.1 Å². The Bertz CT molecular complexity index is 768. The molecule has 0 aromatic heterocycles. The number of thioether (sulfide) groups is 1. The molecule has 0 atom stereocenters. The van der Waals surface area contributed by atoms with Gasteiger partial charge in [-0.05, 0) is 47.9 Å². The third-order valence-corrected chi connectivity index (χ3v) is 5.64. The van der Waals surface area contributed by atoms with E-state index in [2.05, 4.69) is 5.32 Å². The Kier molecular flexibility index (Phi) is 6.55. The van der Waals surface area contributed by atoms with Gasteiger partial charge in [-0.2, -0.15) is 0 Å². The van der Waals surface area contributed by atoms with Crippen molar-refractivity contribution >= 4 is 35.0 Å². The molecule has 144 valence electrons. The summed E-state index contributed by atoms with van der Waals surface area (Å²) < 4.78 is 10.8. The maximum atomic E-state index is 12.2. The number of amides is 2. The Hall–Kier alpha value is -2.28. The van der Waals surface area contributed by atoms with E-state index in [1.54, 1.807) is 24.3 Å². The second-order valence-electron chi connectivity index (χ2n) is 6.78. The highest BCUT2D eigenvalue weighted by atomic mass is 32.2. The Morgan fingerprint density at radius 3 is 2.67 bits per heavy atom. The maximum absolute atomic E-state index is 12.2. The van der Waals surface area contributed by atoms with Crippen molar-refractivity contribution in [3.05, 3.63) is 28.7 Å². The van der Waals surface area contributed by atoms with Crippen molar-refractivity contribution in [3.63, 3.8) is 0 Å². The molecule has 0 unspecified atom stereocenters. The van der Waals surface area contributed by atoms with Crippen molar-refractivity contribution in [1.29, 1.82) is 0 Å². The first-order valence-corrected chi connectivity index (χ1v) is 10.0. The van der Waals surface area contributed by atoms with Gasteiger partial charge in [-0.1, -0.05) is 38.2 Å². The van der Waals surface area contributed by atoms with E-state index in [9.17, 15) is 14.4 Å². The number of hydrogen-bond acceptors (Lipinski definition) is 6. The highest BCUT2D eigenvalue weighted by molar-refractivity contribution is 8.18. The van der Waals surface area contributed by atoms with Gasteiger partial charge in [0.1, 0.15) is 0 Å². The lowest BCUT2D eigenvalue weighted by Crippen LogP contribution is -2.17. The molecule has 1 aromatic carbocycles. The number of rotatable bonds is 6.